The van der Waals surface area contributed by atoms with E-state index in [1.54, 1.807) is 24.4 Å². The lowest BCUT2D eigenvalue weighted by Gasteiger charge is -2.15. The van der Waals surface area contributed by atoms with Crippen LogP contribution < -0.4 is 10.3 Å². The zero-order chi connectivity index (χ0) is 19.7. The van der Waals surface area contributed by atoms with Gasteiger partial charge in [-0.3, -0.25) is 9.59 Å². The second kappa shape index (κ2) is 7.46. The Morgan fingerprint density at radius 2 is 1.82 bits per heavy atom. The van der Waals surface area contributed by atoms with Gasteiger partial charge in [0.25, 0.3) is 11.5 Å². The SMILES string of the molecule is COc1cc2ccn(Cc3ccc(C(=O)N4CCCC4)cc3)c(=O)c2cc1F. The number of benzene rings is 2. The van der Waals surface area contributed by atoms with Crippen LogP contribution in [0, 0.1) is 5.82 Å². The Bertz CT molecular complexity index is 1080. The zero-order valence-electron chi connectivity index (χ0n) is 15.7. The van der Waals surface area contributed by atoms with Gasteiger partial charge in [-0.1, -0.05) is 12.1 Å². The van der Waals surface area contributed by atoms with Gasteiger partial charge in [-0.25, -0.2) is 4.39 Å². The highest BCUT2D eigenvalue weighted by Crippen LogP contribution is 2.22. The van der Waals surface area contributed by atoms with E-state index in [0.717, 1.165) is 31.5 Å². The Morgan fingerprint density at radius 3 is 2.50 bits per heavy atom. The maximum absolute atomic E-state index is 14.0. The third-order valence-corrected chi connectivity index (χ3v) is 5.20. The number of likely N-dealkylation sites (tertiary alicyclic amines) is 1. The summed E-state index contributed by atoms with van der Waals surface area (Å²) in [5, 5.41) is 0.938. The standard InChI is InChI=1S/C22H21FN2O3/c1-28-20-12-17-8-11-25(22(27)18(17)13-19(20)23)14-15-4-6-16(7-5-15)21(26)24-9-2-3-10-24/h4-8,11-13H,2-3,9-10,14H2,1H3. The van der Waals surface area contributed by atoms with E-state index in [2.05, 4.69) is 0 Å². The van der Waals surface area contributed by atoms with Gasteiger partial charge in [-0.05, 0) is 54.1 Å². The van der Waals surface area contributed by atoms with E-state index in [-0.39, 0.29) is 17.2 Å². The van der Waals surface area contributed by atoms with Crippen LogP contribution in [0.15, 0.2) is 53.5 Å². The number of halogens is 1. The molecule has 1 aromatic heterocycles. The molecule has 2 heterocycles. The molecule has 0 bridgehead atoms. The summed E-state index contributed by atoms with van der Waals surface area (Å²) in [5.74, 6) is -0.395. The van der Waals surface area contributed by atoms with E-state index in [1.807, 2.05) is 17.0 Å². The van der Waals surface area contributed by atoms with E-state index in [0.29, 0.717) is 22.9 Å². The Kier molecular flexibility index (Phi) is 4.86. The minimum atomic E-state index is -0.561. The van der Waals surface area contributed by atoms with E-state index >= 15 is 0 Å². The summed E-state index contributed by atoms with van der Waals surface area (Å²) < 4.78 is 20.5. The second-order valence-corrected chi connectivity index (χ2v) is 7.02. The molecule has 1 amide bonds. The van der Waals surface area contributed by atoms with Crippen LogP contribution in [0.2, 0.25) is 0 Å². The zero-order valence-corrected chi connectivity index (χ0v) is 15.7. The highest BCUT2D eigenvalue weighted by Gasteiger charge is 2.19. The van der Waals surface area contributed by atoms with Crippen LogP contribution in [0.4, 0.5) is 4.39 Å². The predicted octanol–water partition coefficient (Wildman–Crippen LogP) is 3.43. The number of hydrogen-bond donors (Lipinski definition) is 0. The van der Waals surface area contributed by atoms with Gasteiger partial charge in [0.15, 0.2) is 11.6 Å². The maximum Gasteiger partial charge on any atom is 0.258 e. The van der Waals surface area contributed by atoms with Crippen LogP contribution in [0.1, 0.15) is 28.8 Å². The van der Waals surface area contributed by atoms with Crippen molar-refractivity contribution in [3.05, 3.63) is 76.0 Å². The first-order chi connectivity index (χ1) is 13.6. The molecule has 0 spiro atoms. The summed E-state index contributed by atoms with van der Waals surface area (Å²) in [4.78, 5) is 27.0. The highest BCUT2D eigenvalue weighted by molar-refractivity contribution is 5.94. The topological polar surface area (TPSA) is 51.5 Å². The fourth-order valence-corrected chi connectivity index (χ4v) is 3.62. The van der Waals surface area contributed by atoms with Crippen molar-refractivity contribution in [3.8, 4) is 5.75 Å². The average molecular weight is 380 g/mol. The summed E-state index contributed by atoms with van der Waals surface area (Å²) in [6.07, 6.45) is 3.80. The number of aromatic nitrogens is 1. The molecular weight excluding hydrogens is 359 g/mol. The number of amides is 1. The molecule has 3 aromatic rings. The van der Waals surface area contributed by atoms with Crippen LogP contribution in [0.5, 0.6) is 5.75 Å². The number of methoxy groups -OCH3 is 1. The quantitative estimate of drug-likeness (QED) is 0.697. The molecule has 4 rings (SSSR count). The summed E-state index contributed by atoms with van der Waals surface area (Å²) in [5.41, 5.74) is 1.29. The maximum atomic E-state index is 14.0. The van der Waals surface area contributed by atoms with E-state index in [4.69, 9.17) is 4.74 Å². The molecule has 1 saturated heterocycles. The fourth-order valence-electron chi connectivity index (χ4n) is 3.62. The van der Waals surface area contributed by atoms with Gasteiger partial charge in [-0.15, -0.1) is 0 Å². The number of carbonyl (C=O) groups is 1. The van der Waals surface area contributed by atoms with Crippen LogP contribution in [-0.4, -0.2) is 35.6 Å². The molecule has 0 unspecified atom stereocenters. The van der Waals surface area contributed by atoms with Crippen molar-refractivity contribution < 1.29 is 13.9 Å². The number of hydrogen-bond acceptors (Lipinski definition) is 3. The average Bonchev–Trinajstić information content (AvgIpc) is 3.25. The van der Waals surface area contributed by atoms with Crippen molar-refractivity contribution in [2.24, 2.45) is 0 Å². The van der Waals surface area contributed by atoms with Crippen molar-refractivity contribution in [1.82, 2.24) is 9.47 Å². The lowest BCUT2D eigenvalue weighted by molar-refractivity contribution is 0.0793. The Hall–Kier alpha value is -3.15. The van der Waals surface area contributed by atoms with Crippen molar-refractivity contribution in [2.45, 2.75) is 19.4 Å². The Morgan fingerprint density at radius 1 is 1.11 bits per heavy atom. The normalized spacial score (nSPS) is 13.9. The fraction of sp³-hybridized carbons (Fsp3) is 0.273. The molecule has 1 fully saturated rings. The van der Waals surface area contributed by atoms with Gasteiger partial charge in [0, 0.05) is 24.8 Å². The summed E-state index contributed by atoms with van der Waals surface area (Å²) in [6, 6.07) is 11.8. The van der Waals surface area contributed by atoms with Crippen molar-refractivity contribution in [1.29, 1.82) is 0 Å². The summed E-state index contributed by atoms with van der Waals surface area (Å²) in [6.45, 7) is 1.98. The summed E-state index contributed by atoms with van der Waals surface area (Å²) >= 11 is 0. The second-order valence-electron chi connectivity index (χ2n) is 7.02. The first-order valence-corrected chi connectivity index (χ1v) is 9.32. The molecule has 28 heavy (non-hydrogen) atoms. The first-order valence-electron chi connectivity index (χ1n) is 9.32. The number of carbonyl (C=O) groups excluding carboxylic acids is 1. The molecule has 0 atom stereocenters. The molecule has 0 N–H and O–H groups in total. The molecule has 0 aliphatic carbocycles. The predicted molar refractivity (Wildman–Crippen MR) is 105 cm³/mol. The Labute approximate surface area is 162 Å². The largest absolute Gasteiger partial charge is 0.494 e. The molecule has 1 aliphatic heterocycles. The lowest BCUT2D eigenvalue weighted by atomic mass is 10.1. The van der Waals surface area contributed by atoms with Crippen LogP contribution in [0.3, 0.4) is 0 Å². The minimum absolute atomic E-state index is 0.0522. The van der Waals surface area contributed by atoms with Gasteiger partial charge in [0.2, 0.25) is 0 Å². The summed E-state index contributed by atoms with van der Waals surface area (Å²) in [7, 11) is 1.39. The van der Waals surface area contributed by atoms with Crippen molar-refractivity contribution in [2.75, 3.05) is 20.2 Å². The first kappa shape index (κ1) is 18.2. The van der Waals surface area contributed by atoms with Crippen LogP contribution >= 0.6 is 0 Å². The Balaban J connectivity index is 1.58. The third kappa shape index (κ3) is 3.38. The van der Waals surface area contributed by atoms with Crippen LogP contribution in [0.25, 0.3) is 10.8 Å². The van der Waals surface area contributed by atoms with Crippen LogP contribution in [-0.2, 0) is 6.54 Å². The number of fused-ring (bicyclic) bond motifs is 1. The molecule has 2 aromatic carbocycles. The number of ether oxygens (including phenoxy) is 1. The van der Waals surface area contributed by atoms with Gasteiger partial charge < -0.3 is 14.2 Å². The monoisotopic (exact) mass is 380 g/mol. The lowest BCUT2D eigenvalue weighted by Crippen LogP contribution is -2.27. The molecule has 1 aliphatic rings. The van der Waals surface area contributed by atoms with E-state index < -0.39 is 5.82 Å². The van der Waals surface area contributed by atoms with Gasteiger partial charge >= 0.3 is 0 Å². The van der Waals surface area contributed by atoms with Gasteiger partial charge in [-0.2, -0.15) is 0 Å². The van der Waals surface area contributed by atoms with E-state index in [1.165, 1.54) is 23.8 Å². The number of rotatable bonds is 4. The van der Waals surface area contributed by atoms with Crippen molar-refractivity contribution >= 4 is 16.7 Å². The van der Waals surface area contributed by atoms with Gasteiger partial charge in [0.1, 0.15) is 0 Å². The van der Waals surface area contributed by atoms with E-state index in [9.17, 15) is 14.0 Å². The molecule has 6 heteroatoms. The highest BCUT2D eigenvalue weighted by atomic mass is 19.1. The third-order valence-electron chi connectivity index (χ3n) is 5.20. The molecular formula is C22H21FN2O3. The minimum Gasteiger partial charge on any atom is -0.494 e. The molecule has 0 saturated carbocycles. The molecule has 144 valence electrons. The van der Waals surface area contributed by atoms with Gasteiger partial charge in [0.05, 0.1) is 19.0 Å². The van der Waals surface area contributed by atoms with Crippen molar-refractivity contribution in [3.63, 3.8) is 0 Å². The molecule has 5 nitrogen and oxygen atoms in total. The molecule has 0 radical (unpaired) electrons. The number of pyridine rings is 1. The smallest absolute Gasteiger partial charge is 0.258 e. The number of nitrogens with zero attached hydrogens (tertiary/aromatic N) is 2.